The quantitative estimate of drug-likeness (QED) is 0.831. The lowest BCUT2D eigenvalue weighted by Crippen LogP contribution is -2.40. The summed E-state index contributed by atoms with van der Waals surface area (Å²) in [5.41, 5.74) is 0.0531. The fraction of sp³-hybridized carbons (Fsp3) is 0.467. The summed E-state index contributed by atoms with van der Waals surface area (Å²) >= 11 is 0. The number of nitrogens with one attached hydrogen (secondary N) is 1. The molecule has 1 aromatic rings. The van der Waals surface area contributed by atoms with Crippen LogP contribution in [-0.2, 0) is 10.0 Å². The van der Waals surface area contributed by atoms with Crippen molar-refractivity contribution in [2.24, 2.45) is 5.92 Å². The molecule has 0 spiro atoms. The Hall–Kier alpha value is -1.42. The molecule has 0 bridgehead atoms. The van der Waals surface area contributed by atoms with Crippen molar-refractivity contribution >= 4 is 10.0 Å². The fourth-order valence-corrected chi connectivity index (χ4v) is 3.77. The van der Waals surface area contributed by atoms with E-state index >= 15 is 0 Å². The Morgan fingerprint density at radius 2 is 2.19 bits per heavy atom. The number of rotatable bonds is 4. The Bertz CT molecular complexity index is 672. The summed E-state index contributed by atoms with van der Waals surface area (Å²) in [6.07, 6.45) is 3.16. The van der Waals surface area contributed by atoms with Gasteiger partial charge in [0.2, 0.25) is 10.0 Å². The van der Waals surface area contributed by atoms with Crippen LogP contribution in [0.2, 0.25) is 0 Å². The molecule has 1 saturated carbocycles. The Kier molecular flexibility index (Phi) is 4.99. The smallest absolute Gasteiger partial charge is 0.242 e. The molecular weight excluding hydrogens is 293 g/mol. The van der Waals surface area contributed by atoms with Crippen LogP contribution in [0.5, 0.6) is 0 Å². The maximum Gasteiger partial charge on any atom is 0.242 e. The summed E-state index contributed by atoms with van der Waals surface area (Å²) in [6.45, 7) is 1.42. The van der Waals surface area contributed by atoms with Crippen LogP contribution in [0.4, 0.5) is 4.39 Å². The molecule has 1 fully saturated rings. The van der Waals surface area contributed by atoms with Gasteiger partial charge in [0, 0.05) is 11.6 Å². The maximum atomic E-state index is 13.3. The first-order chi connectivity index (χ1) is 9.94. The Balaban J connectivity index is 2.30. The molecule has 0 saturated heterocycles. The van der Waals surface area contributed by atoms with Crippen LogP contribution in [0.3, 0.4) is 0 Å². The van der Waals surface area contributed by atoms with Crippen molar-refractivity contribution in [2.45, 2.75) is 37.1 Å². The Labute approximate surface area is 124 Å². The zero-order valence-electron chi connectivity index (χ0n) is 11.8. The molecule has 6 heteroatoms. The number of hydrogen-bond donors (Lipinski definition) is 2. The molecule has 0 heterocycles. The van der Waals surface area contributed by atoms with Gasteiger partial charge in [-0.3, -0.25) is 0 Å². The number of aliphatic hydroxyl groups is 1. The van der Waals surface area contributed by atoms with E-state index < -0.39 is 22.4 Å². The van der Waals surface area contributed by atoms with E-state index in [0.29, 0.717) is 5.92 Å². The highest BCUT2D eigenvalue weighted by molar-refractivity contribution is 7.89. The summed E-state index contributed by atoms with van der Waals surface area (Å²) in [5, 5.41) is 8.72. The van der Waals surface area contributed by atoms with Crippen molar-refractivity contribution in [1.82, 2.24) is 4.72 Å². The lowest BCUT2D eigenvalue weighted by molar-refractivity contribution is 0.260. The molecular formula is C15H18FNO3S. The molecule has 0 radical (unpaired) electrons. The molecule has 1 atom stereocenters. The number of hydrogen-bond acceptors (Lipinski definition) is 3. The minimum absolute atomic E-state index is 0.0531. The van der Waals surface area contributed by atoms with E-state index in [1.54, 1.807) is 0 Å². The third-order valence-corrected chi connectivity index (χ3v) is 5.35. The van der Waals surface area contributed by atoms with Crippen molar-refractivity contribution < 1.29 is 17.9 Å². The number of halogens is 1. The molecule has 0 amide bonds. The molecule has 0 aromatic heterocycles. The first-order valence-electron chi connectivity index (χ1n) is 6.85. The molecule has 114 valence electrons. The predicted molar refractivity (Wildman–Crippen MR) is 77.5 cm³/mol. The Morgan fingerprint density at radius 1 is 1.48 bits per heavy atom. The van der Waals surface area contributed by atoms with Gasteiger partial charge >= 0.3 is 0 Å². The highest BCUT2D eigenvalue weighted by Gasteiger charge is 2.28. The summed E-state index contributed by atoms with van der Waals surface area (Å²) in [5.74, 6) is 4.62. The normalized spacial score (nSPS) is 16.7. The zero-order valence-corrected chi connectivity index (χ0v) is 12.6. The fourth-order valence-electron chi connectivity index (χ4n) is 2.31. The average Bonchev–Trinajstić information content (AvgIpc) is 2.33. The van der Waals surface area contributed by atoms with Crippen molar-refractivity contribution in [1.29, 1.82) is 0 Å². The third kappa shape index (κ3) is 3.82. The summed E-state index contributed by atoms with van der Waals surface area (Å²) in [7, 11) is -3.76. The molecule has 21 heavy (non-hydrogen) atoms. The maximum absolute atomic E-state index is 13.3. The minimum Gasteiger partial charge on any atom is -0.384 e. The van der Waals surface area contributed by atoms with Gasteiger partial charge in [-0.1, -0.05) is 18.3 Å². The van der Waals surface area contributed by atoms with E-state index in [0.717, 1.165) is 31.4 Å². The Morgan fingerprint density at radius 3 is 2.76 bits per heavy atom. The first kappa shape index (κ1) is 16.0. The summed E-state index contributed by atoms with van der Waals surface area (Å²) < 4.78 is 40.7. The summed E-state index contributed by atoms with van der Waals surface area (Å²) in [4.78, 5) is -0.0592. The van der Waals surface area contributed by atoms with Crippen LogP contribution in [0.25, 0.3) is 0 Å². The molecule has 1 aliphatic carbocycles. The number of sulfonamides is 1. The standard InChI is InChI=1S/C15H18FNO3S/c1-11(12-4-2-5-12)17-21(19,20)15-8-7-14(16)10-13(15)6-3-9-18/h7-8,10-12,17-18H,2,4-5,9H2,1H3. The zero-order chi connectivity index (χ0) is 15.5. The molecule has 2 rings (SSSR count). The van der Waals surface area contributed by atoms with Crippen LogP contribution in [0, 0.1) is 23.6 Å². The van der Waals surface area contributed by atoms with Crippen molar-refractivity contribution in [2.75, 3.05) is 6.61 Å². The monoisotopic (exact) mass is 311 g/mol. The van der Waals surface area contributed by atoms with Gasteiger partial charge in [0.15, 0.2) is 0 Å². The SMILES string of the molecule is CC(NS(=O)(=O)c1ccc(F)cc1C#CCO)C1CCC1. The minimum atomic E-state index is -3.76. The van der Waals surface area contributed by atoms with Gasteiger partial charge in [0.05, 0.1) is 4.90 Å². The van der Waals surface area contributed by atoms with Gasteiger partial charge < -0.3 is 5.11 Å². The first-order valence-corrected chi connectivity index (χ1v) is 8.34. The van der Waals surface area contributed by atoms with Gasteiger partial charge in [-0.15, -0.1) is 0 Å². The lowest BCUT2D eigenvalue weighted by Gasteiger charge is -2.31. The van der Waals surface area contributed by atoms with E-state index in [4.69, 9.17) is 5.11 Å². The van der Waals surface area contributed by atoms with Crippen LogP contribution >= 0.6 is 0 Å². The van der Waals surface area contributed by atoms with E-state index in [2.05, 4.69) is 16.6 Å². The molecule has 1 aromatic carbocycles. The van der Waals surface area contributed by atoms with Crippen molar-refractivity contribution in [3.05, 3.63) is 29.6 Å². The molecule has 1 unspecified atom stereocenters. The highest BCUT2D eigenvalue weighted by Crippen LogP contribution is 2.30. The van der Waals surface area contributed by atoms with Gasteiger partial charge in [-0.2, -0.15) is 0 Å². The van der Waals surface area contributed by atoms with Crippen molar-refractivity contribution in [3.63, 3.8) is 0 Å². The molecule has 2 N–H and O–H groups in total. The molecule has 4 nitrogen and oxygen atoms in total. The van der Waals surface area contributed by atoms with E-state index in [9.17, 15) is 12.8 Å². The largest absolute Gasteiger partial charge is 0.384 e. The van der Waals surface area contributed by atoms with Gasteiger partial charge in [0.25, 0.3) is 0 Å². The van der Waals surface area contributed by atoms with Gasteiger partial charge in [0.1, 0.15) is 12.4 Å². The average molecular weight is 311 g/mol. The second kappa shape index (κ2) is 6.56. The molecule has 1 aliphatic rings. The number of benzene rings is 1. The van der Waals surface area contributed by atoms with Crippen molar-refractivity contribution in [3.8, 4) is 11.8 Å². The predicted octanol–water partition coefficient (Wildman–Crippen LogP) is 1.64. The van der Waals surface area contributed by atoms with E-state index in [1.807, 2.05) is 6.92 Å². The third-order valence-electron chi connectivity index (χ3n) is 3.73. The summed E-state index contributed by atoms with van der Waals surface area (Å²) in [6, 6.07) is 3.19. The second-order valence-corrected chi connectivity index (χ2v) is 6.88. The molecule has 0 aliphatic heterocycles. The van der Waals surface area contributed by atoms with Crippen LogP contribution in [0.1, 0.15) is 31.7 Å². The topological polar surface area (TPSA) is 66.4 Å². The number of aliphatic hydroxyl groups excluding tert-OH is 1. The van der Waals surface area contributed by atoms with Crippen LogP contribution < -0.4 is 4.72 Å². The second-order valence-electron chi connectivity index (χ2n) is 5.20. The highest BCUT2D eigenvalue weighted by atomic mass is 32.2. The van der Waals surface area contributed by atoms with Gasteiger partial charge in [-0.25, -0.2) is 17.5 Å². The van der Waals surface area contributed by atoms with Crippen LogP contribution in [0.15, 0.2) is 23.1 Å². The van der Waals surface area contributed by atoms with Crippen LogP contribution in [-0.4, -0.2) is 26.2 Å². The van der Waals surface area contributed by atoms with Gasteiger partial charge in [-0.05, 0) is 43.9 Å². The van der Waals surface area contributed by atoms with E-state index in [-0.39, 0.29) is 16.5 Å². The van der Waals surface area contributed by atoms with E-state index in [1.165, 1.54) is 6.07 Å². The lowest BCUT2D eigenvalue weighted by atomic mass is 9.81.